The molecule has 0 fully saturated rings. The van der Waals surface area contributed by atoms with Crippen LogP contribution in [-0.4, -0.2) is 0 Å². The molecule has 3 aromatic carbocycles. The fraction of sp³-hybridized carbons (Fsp3) is 0.111. The molecule has 0 aliphatic rings. The van der Waals surface area contributed by atoms with Crippen LogP contribution in [-0.2, 0) is 12.3 Å². The fourth-order valence-corrected chi connectivity index (χ4v) is 3.32. The molecule has 3 rings (SSSR count). The lowest BCUT2D eigenvalue weighted by molar-refractivity contribution is 0.624. The highest BCUT2D eigenvalue weighted by molar-refractivity contribution is 7.98. The lowest BCUT2D eigenvalue weighted by atomic mass is 10.1. The van der Waals surface area contributed by atoms with Gasteiger partial charge < -0.3 is 5.73 Å². The quantitative estimate of drug-likeness (QED) is 0.705. The Morgan fingerprint density at radius 2 is 1.67 bits per heavy atom. The number of rotatable bonds is 4. The van der Waals surface area contributed by atoms with Gasteiger partial charge in [-0.15, -0.1) is 11.8 Å². The molecule has 0 aliphatic heterocycles. The highest BCUT2D eigenvalue weighted by atomic mass is 32.2. The molecule has 3 aromatic rings. The minimum absolute atomic E-state index is 0.227. The first-order valence-electron chi connectivity index (χ1n) is 6.85. The normalized spacial score (nSPS) is 11.0. The summed E-state index contributed by atoms with van der Waals surface area (Å²) in [5.74, 6) is 0.570. The third-order valence-electron chi connectivity index (χ3n) is 3.50. The van der Waals surface area contributed by atoms with E-state index in [-0.39, 0.29) is 5.82 Å². The van der Waals surface area contributed by atoms with E-state index in [1.807, 2.05) is 18.2 Å². The molecule has 2 N–H and O–H groups in total. The molecule has 106 valence electrons. The average molecular weight is 297 g/mol. The topological polar surface area (TPSA) is 26.0 Å². The van der Waals surface area contributed by atoms with Crippen LogP contribution >= 0.6 is 11.8 Å². The van der Waals surface area contributed by atoms with Crippen LogP contribution in [0.3, 0.4) is 0 Å². The summed E-state index contributed by atoms with van der Waals surface area (Å²) >= 11 is 1.75. The molecule has 3 heteroatoms. The van der Waals surface area contributed by atoms with E-state index >= 15 is 0 Å². The van der Waals surface area contributed by atoms with Crippen molar-refractivity contribution in [3.63, 3.8) is 0 Å². The summed E-state index contributed by atoms with van der Waals surface area (Å²) in [5.41, 5.74) is 7.66. The number of nitrogens with two attached hydrogens (primary N) is 1. The Balaban J connectivity index is 1.80. The van der Waals surface area contributed by atoms with Crippen molar-refractivity contribution in [1.82, 2.24) is 0 Å². The van der Waals surface area contributed by atoms with Crippen molar-refractivity contribution in [2.45, 2.75) is 17.2 Å². The molecule has 0 unspecified atom stereocenters. The largest absolute Gasteiger partial charge is 0.326 e. The minimum atomic E-state index is -0.227. The van der Waals surface area contributed by atoms with Gasteiger partial charge in [0.2, 0.25) is 0 Å². The van der Waals surface area contributed by atoms with E-state index in [2.05, 4.69) is 30.3 Å². The van der Waals surface area contributed by atoms with Crippen LogP contribution < -0.4 is 5.73 Å². The molecule has 0 atom stereocenters. The second kappa shape index (κ2) is 6.29. The zero-order valence-electron chi connectivity index (χ0n) is 11.6. The predicted molar refractivity (Wildman–Crippen MR) is 87.8 cm³/mol. The number of hydrogen-bond donors (Lipinski definition) is 1. The molecule has 0 saturated heterocycles. The highest BCUT2D eigenvalue weighted by Gasteiger charge is 2.04. The van der Waals surface area contributed by atoms with Crippen molar-refractivity contribution in [2.75, 3.05) is 0 Å². The first-order chi connectivity index (χ1) is 10.3. The smallest absolute Gasteiger partial charge is 0.123 e. The summed E-state index contributed by atoms with van der Waals surface area (Å²) in [5, 5.41) is 2.48. The van der Waals surface area contributed by atoms with E-state index in [9.17, 15) is 4.39 Å². The van der Waals surface area contributed by atoms with Gasteiger partial charge in [-0.1, -0.05) is 36.4 Å². The molecular weight excluding hydrogens is 281 g/mol. The maximum absolute atomic E-state index is 13.2. The van der Waals surface area contributed by atoms with Gasteiger partial charge in [-0.3, -0.25) is 0 Å². The first kappa shape index (κ1) is 14.1. The summed E-state index contributed by atoms with van der Waals surface area (Å²) < 4.78 is 13.2. The number of benzene rings is 3. The van der Waals surface area contributed by atoms with Crippen molar-refractivity contribution in [2.24, 2.45) is 5.73 Å². The van der Waals surface area contributed by atoms with Crippen LogP contribution in [0.15, 0.2) is 65.6 Å². The molecule has 0 aliphatic carbocycles. The Kier molecular flexibility index (Phi) is 4.23. The van der Waals surface area contributed by atoms with Crippen LogP contribution in [0.4, 0.5) is 4.39 Å². The minimum Gasteiger partial charge on any atom is -0.326 e. The van der Waals surface area contributed by atoms with E-state index in [4.69, 9.17) is 5.73 Å². The Hall–Kier alpha value is -1.84. The van der Waals surface area contributed by atoms with Crippen LogP contribution in [0.1, 0.15) is 11.1 Å². The van der Waals surface area contributed by atoms with E-state index < -0.39 is 0 Å². The van der Waals surface area contributed by atoms with Crippen LogP contribution in [0, 0.1) is 5.82 Å². The molecule has 1 nitrogen and oxygen atoms in total. The van der Waals surface area contributed by atoms with Gasteiger partial charge >= 0.3 is 0 Å². The number of halogens is 1. The van der Waals surface area contributed by atoms with Crippen molar-refractivity contribution >= 4 is 22.5 Å². The second-order valence-corrected chi connectivity index (χ2v) is 5.96. The summed E-state index contributed by atoms with van der Waals surface area (Å²) in [6, 6.07) is 19.6. The average Bonchev–Trinajstić information content (AvgIpc) is 2.53. The van der Waals surface area contributed by atoms with Crippen LogP contribution in [0.5, 0.6) is 0 Å². The van der Waals surface area contributed by atoms with E-state index in [0.717, 1.165) is 16.9 Å². The lowest BCUT2D eigenvalue weighted by Gasteiger charge is -2.08. The van der Waals surface area contributed by atoms with Gasteiger partial charge in [0, 0.05) is 17.2 Å². The lowest BCUT2D eigenvalue weighted by Crippen LogP contribution is -2.01. The maximum Gasteiger partial charge on any atom is 0.123 e. The van der Waals surface area contributed by atoms with E-state index in [1.165, 1.54) is 27.8 Å². The van der Waals surface area contributed by atoms with Crippen molar-refractivity contribution in [3.8, 4) is 0 Å². The summed E-state index contributed by atoms with van der Waals surface area (Å²) in [6.07, 6.45) is 0. The summed E-state index contributed by atoms with van der Waals surface area (Å²) in [4.78, 5) is 1.21. The zero-order chi connectivity index (χ0) is 14.7. The molecule has 0 spiro atoms. The van der Waals surface area contributed by atoms with Gasteiger partial charge in [0.05, 0.1) is 0 Å². The molecule has 21 heavy (non-hydrogen) atoms. The van der Waals surface area contributed by atoms with Crippen molar-refractivity contribution in [3.05, 3.63) is 77.6 Å². The highest BCUT2D eigenvalue weighted by Crippen LogP contribution is 2.27. The maximum atomic E-state index is 13.2. The molecule has 0 radical (unpaired) electrons. The Morgan fingerprint density at radius 1 is 0.857 bits per heavy atom. The van der Waals surface area contributed by atoms with Gasteiger partial charge in [0.15, 0.2) is 0 Å². The summed E-state index contributed by atoms with van der Waals surface area (Å²) in [7, 11) is 0. The van der Waals surface area contributed by atoms with Gasteiger partial charge in [-0.05, 0) is 46.2 Å². The fourth-order valence-electron chi connectivity index (χ4n) is 2.34. The number of thioether (sulfide) groups is 1. The Bertz CT molecular complexity index is 770. The molecular formula is C18H16FNS. The standard InChI is InChI=1S/C18H16FNS/c19-17-7-5-15(16(9-17)11-20)12-21-18-8-6-13-3-1-2-4-14(13)10-18/h1-10H,11-12,20H2. The first-order valence-corrected chi connectivity index (χ1v) is 7.84. The molecule has 0 bridgehead atoms. The third kappa shape index (κ3) is 3.26. The number of hydrogen-bond acceptors (Lipinski definition) is 2. The monoisotopic (exact) mass is 297 g/mol. The molecule has 0 aromatic heterocycles. The SMILES string of the molecule is NCc1cc(F)ccc1CSc1ccc2ccccc2c1. The molecule has 0 heterocycles. The Labute approximate surface area is 128 Å². The molecule has 0 amide bonds. The van der Waals surface area contributed by atoms with Gasteiger partial charge in [-0.25, -0.2) is 4.39 Å². The van der Waals surface area contributed by atoms with E-state index in [1.54, 1.807) is 11.8 Å². The van der Waals surface area contributed by atoms with Gasteiger partial charge in [-0.2, -0.15) is 0 Å². The third-order valence-corrected chi connectivity index (χ3v) is 4.55. The van der Waals surface area contributed by atoms with Crippen molar-refractivity contribution in [1.29, 1.82) is 0 Å². The Morgan fingerprint density at radius 3 is 2.48 bits per heavy atom. The van der Waals surface area contributed by atoms with Gasteiger partial charge in [0.1, 0.15) is 5.82 Å². The zero-order valence-corrected chi connectivity index (χ0v) is 12.4. The van der Waals surface area contributed by atoms with Crippen LogP contribution in [0.2, 0.25) is 0 Å². The predicted octanol–water partition coefficient (Wildman–Crippen LogP) is 4.73. The van der Waals surface area contributed by atoms with E-state index in [0.29, 0.717) is 6.54 Å². The number of fused-ring (bicyclic) bond motifs is 1. The van der Waals surface area contributed by atoms with Crippen LogP contribution in [0.25, 0.3) is 10.8 Å². The van der Waals surface area contributed by atoms with Crippen molar-refractivity contribution < 1.29 is 4.39 Å². The van der Waals surface area contributed by atoms with Gasteiger partial charge in [0.25, 0.3) is 0 Å². The summed E-state index contributed by atoms with van der Waals surface area (Å²) in [6.45, 7) is 0.366. The molecule has 0 saturated carbocycles. The second-order valence-electron chi connectivity index (χ2n) is 4.91.